The highest BCUT2D eigenvalue weighted by Gasteiger charge is 2.29. The predicted molar refractivity (Wildman–Crippen MR) is 66.8 cm³/mol. The third-order valence-corrected chi connectivity index (χ3v) is 3.94. The first kappa shape index (κ1) is 13.5. The van der Waals surface area contributed by atoms with Crippen LogP contribution in [-0.2, 0) is 9.59 Å². The fourth-order valence-electron chi connectivity index (χ4n) is 2.89. The van der Waals surface area contributed by atoms with Crippen molar-refractivity contribution in [3.63, 3.8) is 0 Å². The molecule has 2 rings (SSSR count). The molecule has 2 heterocycles. The maximum Gasteiger partial charge on any atom is 0.229 e. The van der Waals surface area contributed by atoms with Crippen LogP contribution in [0.4, 0.5) is 0 Å². The van der Waals surface area contributed by atoms with Crippen LogP contribution in [-0.4, -0.2) is 59.5 Å². The zero-order chi connectivity index (χ0) is 13.0. The molecule has 2 amide bonds. The van der Waals surface area contributed by atoms with Gasteiger partial charge in [0.15, 0.2) is 0 Å². The zero-order valence-corrected chi connectivity index (χ0v) is 10.8. The number of imide groups is 1. The molecule has 102 valence electrons. The molecular formula is C13H22N2O3. The number of amides is 2. The number of aliphatic hydroxyl groups excluding tert-OH is 1. The van der Waals surface area contributed by atoms with Gasteiger partial charge in [0.1, 0.15) is 0 Å². The summed E-state index contributed by atoms with van der Waals surface area (Å²) in [5.41, 5.74) is 0. The van der Waals surface area contributed by atoms with Gasteiger partial charge in [-0.1, -0.05) is 0 Å². The minimum absolute atomic E-state index is 0.0242. The highest BCUT2D eigenvalue weighted by molar-refractivity contribution is 6.01. The molecule has 5 heteroatoms. The summed E-state index contributed by atoms with van der Waals surface area (Å²) >= 11 is 0. The van der Waals surface area contributed by atoms with Crippen molar-refractivity contribution in [2.45, 2.75) is 32.1 Å². The van der Waals surface area contributed by atoms with Crippen molar-refractivity contribution in [3.05, 3.63) is 0 Å². The lowest BCUT2D eigenvalue weighted by Crippen LogP contribution is -2.42. The number of hydrogen-bond acceptors (Lipinski definition) is 4. The highest BCUT2D eigenvalue weighted by Crippen LogP contribution is 2.19. The fraction of sp³-hybridized carbons (Fsp3) is 0.846. The van der Waals surface area contributed by atoms with E-state index in [1.165, 1.54) is 11.3 Å². The SMILES string of the molecule is O=C1CCC(=O)N1CCN1CCCC(CCO)C1. The Kier molecular flexibility index (Phi) is 4.72. The molecule has 18 heavy (non-hydrogen) atoms. The summed E-state index contributed by atoms with van der Waals surface area (Å²) in [6, 6.07) is 0. The first-order valence-corrected chi connectivity index (χ1v) is 6.87. The summed E-state index contributed by atoms with van der Waals surface area (Å²) < 4.78 is 0. The molecule has 1 N–H and O–H groups in total. The van der Waals surface area contributed by atoms with Gasteiger partial charge in [-0.2, -0.15) is 0 Å². The predicted octanol–water partition coefficient (Wildman–Crippen LogP) is 0.230. The van der Waals surface area contributed by atoms with Gasteiger partial charge in [-0.3, -0.25) is 14.5 Å². The average Bonchev–Trinajstić information content (AvgIpc) is 2.68. The van der Waals surface area contributed by atoms with E-state index in [4.69, 9.17) is 5.11 Å². The quantitative estimate of drug-likeness (QED) is 0.713. The Balaban J connectivity index is 1.76. The third-order valence-electron chi connectivity index (χ3n) is 3.94. The van der Waals surface area contributed by atoms with Gasteiger partial charge >= 0.3 is 0 Å². The van der Waals surface area contributed by atoms with Crippen LogP contribution in [0.1, 0.15) is 32.1 Å². The number of piperidine rings is 1. The molecule has 0 aromatic carbocycles. The summed E-state index contributed by atoms with van der Waals surface area (Å²) in [5.74, 6) is 0.515. The summed E-state index contributed by atoms with van der Waals surface area (Å²) in [7, 11) is 0. The first-order chi connectivity index (χ1) is 8.70. The molecule has 0 saturated carbocycles. The van der Waals surface area contributed by atoms with Crippen LogP contribution in [0, 0.1) is 5.92 Å². The van der Waals surface area contributed by atoms with E-state index in [2.05, 4.69) is 4.90 Å². The van der Waals surface area contributed by atoms with Gasteiger partial charge in [-0.25, -0.2) is 0 Å². The van der Waals surface area contributed by atoms with E-state index in [1.807, 2.05) is 0 Å². The number of aliphatic hydroxyl groups is 1. The standard InChI is InChI=1S/C13H22N2O3/c16-9-5-11-2-1-6-14(10-11)7-8-15-12(17)3-4-13(15)18/h11,16H,1-10H2. The molecule has 0 bridgehead atoms. The molecular weight excluding hydrogens is 232 g/mol. The second-order valence-corrected chi connectivity index (χ2v) is 5.26. The van der Waals surface area contributed by atoms with Crippen molar-refractivity contribution in [1.29, 1.82) is 0 Å². The van der Waals surface area contributed by atoms with E-state index >= 15 is 0 Å². The summed E-state index contributed by atoms with van der Waals surface area (Å²) in [5, 5.41) is 8.96. The first-order valence-electron chi connectivity index (χ1n) is 6.87. The Morgan fingerprint density at radius 3 is 2.56 bits per heavy atom. The molecule has 0 aliphatic carbocycles. The van der Waals surface area contributed by atoms with Gasteiger partial charge in [0, 0.05) is 39.1 Å². The van der Waals surface area contributed by atoms with Crippen LogP contribution < -0.4 is 0 Å². The Morgan fingerprint density at radius 2 is 1.89 bits per heavy atom. The number of hydrogen-bond donors (Lipinski definition) is 1. The van der Waals surface area contributed by atoms with Crippen LogP contribution in [0.15, 0.2) is 0 Å². The van der Waals surface area contributed by atoms with Crippen LogP contribution in [0.5, 0.6) is 0 Å². The lowest BCUT2D eigenvalue weighted by molar-refractivity contribution is -0.138. The normalized spacial score (nSPS) is 26.1. The van der Waals surface area contributed by atoms with Crippen molar-refractivity contribution < 1.29 is 14.7 Å². The molecule has 0 aromatic rings. The fourth-order valence-corrected chi connectivity index (χ4v) is 2.89. The van der Waals surface area contributed by atoms with E-state index in [0.717, 1.165) is 32.5 Å². The lowest BCUT2D eigenvalue weighted by Gasteiger charge is -2.33. The van der Waals surface area contributed by atoms with E-state index < -0.39 is 0 Å². The van der Waals surface area contributed by atoms with Crippen LogP contribution in [0.25, 0.3) is 0 Å². The minimum atomic E-state index is -0.0242. The third kappa shape index (κ3) is 3.29. The molecule has 0 spiro atoms. The second kappa shape index (κ2) is 6.29. The highest BCUT2D eigenvalue weighted by atomic mass is 16.3. The topological polar surface area (TPSA) is 60.9 Å². The molecule has 0 aromatic heterocycles. The monoisotopic (exact) mass is 254 g/mol. The van der Waals surface area contributed by atoms with Gasteiger partial charge in [0.05, 0.1) is 0 Å². The summed E-state index contributed by atoms with van der Waals surface area (Å²) in [6.07, 6.45) is 3.95. The largest absolute Gasteiger partial charge is 0.396 e. The van der Waals surface area contributed by atoms with Gasteiger partial charge in [-0.15, -0.1) is 0 Å². The zero-order valence-electron chi connectivity index (χ0n) is 10.8. The van der Waals surface area contributed by atoms with E-state index in [9.17, 15) is 9.59 Å². The molecule has 1 atom stereocenters. The van der Waals surface area contributed by atoms with Crippen LogP contribution in [0.2, 0.25) is 0 Å². The van der Waals surface area contributed by atoms with E-state index in [-0.39, 0.29) is 18.4 Å². The average molecular weight is 254 g/mol. The summed E-state index contributed by atoms with van der Waals surface area (Å²) in [6.45, 7) is 3.58. The number of rotatable bonds is 5. The molecule has 2 fully saturated rings. The van der Waals surface area contributed by atoms with Crippen LogP contribution >= 0.6 is 0 Å². The van der Waals surface area contributed by atoms with Gasteiger partial charge in [0.2, 0.25) is 11.8 Å². The maximum atomic E-state index is 11.5. The Labute approximate surface area is 108 Å². The number of nitrogens with zero attached hydrogens (tertiary/aromatic N) is 2. The van der Waals surface area contributed by atoms with Crippen molar-refractivity contribution in [2.24, 2.45) is 5.92 Å². The van der Waals surface area contributed by atoms with E-state index in [1.54, 1.807) is 0 Å². The van der Waals surface area contributed by atoms with E-state index in [0.29, 0.717) is 25.3 Å². The van der Waals surface area contributed by atoms with Crippen molar-refractivity contribution >= 4 is 11.8 Å². The molecule has 2 aliphatic rings. The second-order valence-electron chi connectivity index (χ2n) is 5.26. The number of carbonyl (C=O) groups excluding carboxylic acids is 2. The molecule has 1 unspecified atom stereocenters. The lowest BCUT2D eigenvalue weighted by atomic mass is 9.95. The molecule has 2 saturated heterocycles. The van der Waals surface area contributed by atoms with Crippen molar-refractivity contribution in [1.82, 2.24) is 9.80 Å². The Hall–Kier alpha value is -0.940. The molecule has 2 aliphatic heterocycles. The number of carbonyl (C=O) groups is 2. The molecule has 5 nitrogen and oxygen atoms in total. The molecule has 0 radical (unpaired) electrons. The number of likely N-dealkylation sites (tertiary alicyclic amines) is 2. The Morgan fingerprint density at radius 1 is 1.17 bits per heavy atom. The van der Waals surface area contributed by atoms with Gasteiger partial charge < -0.3 is 10.0 Å². The smallest absolute Gasteiger partial charge is 0.229 e. The van der Waals surface area contributed by atoms with Crippen molar-refractivity contribution in [3.8, 4) is 0 Å². The van der Waals surface area contributed by atoms with Gasteiger partial charge in [0.25, 0.3) is 0 Å². The van der Waals surface area contributed by atoms with Gasteiger partial charge in [-0.05, 0) is 31.7 Å². The summed E-state index contributed by atoms with van der Waals surface area (Å²) in [4.78, 5) is 26.7. The minimum Gasteiger partial charge on any atom is -0.396 e. The maximum absolute atomic E-state index is 11.5. The van der Waals surface area contributed by atoms with Crippen molar-refractivity contribution in [2.75, 3.05) is 32.8 Å². The van der Waals surface area contributed by atoms with Crippen LogP contribution in [0.3, 0.4) is 0 Å². The Bertz CT molecular complexity index is 301.